The summed E-state index contributed by atoms with van der Waals surface area (Å²) in [6.45, 7) is 1.56. The Morgan fingerprint density at radius 1 is 0.960 bits per heavy atom. The van der Waals surface area contributed by atoms with E-state index in [1.165, 1.54) is 24.8 Å². The average molecular weight is 342 g/mol. The van der Waals surface area contributed by atoms with Crippen molar-refractivity contribution in [3.8, 4) is 5.75 Å². The number of carbonyl (C=O) groups is 2. The Labute approximate surface area is 147 Å². The van der Waals surface area contributed by atoms with E-state index in [-0.39, 0.29) is 17.3 Å². The quantitative estimate of drug-likeness (QED) is 0.474. The maximum absolute atomic E-state index is 13.6. The Kier molecular flexibility index (Phi) is 6.87. The lowest BCUT2D eigenvalue weighted by Gasteiger charge is -2.05. The van der Waals surface area contributed by atoms with Gasteiger partial charge in [-0.1, -0.05) is 30.7 Å². The van der Waals surface area contributed by atoms with Crippen molar-refractivity contribution in [1.82, 2.24) is 0 Å². The molecule has 0 aliphatic rings. The van der Waals surface area contributed by atoms with Gasteiger partial charge in [-0.25, -0.2) is 4.39 Å². The van der Waals surface area contributed by atoms with Crippen molar-refractivity contribution in [3.05, 3.63) is 65.0 Å². The van der Waals surface area contributed by atoms with Gasteiger partial charge in [0.25, 0.3) is 0 Å². The van der Waals surface area contributed by atoms with Crippen LogP contribution < -0.4 is 4.74 Å². The Balaban J connectivity index is 1.72. The number of halogens is 1. The molecule has 0 fully saturated rings. The van der Waals surface area contributed by atoms with Gasteiger partial charge in [-0.2, -0.15) is 0 Å². The Morgan fingerprint density at radius 3 is 2.24 bits per heavy atom. The second kappa shape index (κ2) is 9.11. The van der Waals surface area contributed by atoms with Gasteiger partial charge in [-0.3, -0.25) is 9.59 Å². The SMILES string of the molecule is COc1ccc(C(=O)CCCCCc2ccc(C(C)=O)cc2)cc1F. The first kappa shape index (κ1) is 18.8. The molecule has 0 saturated heterocycles. The summed E-state index contributed by atoms with van der Waals surface area (Å²) in [5, 5.41) is 0. The van der Waals surface area contributed by atoms with Crippen LogP contribution in [0.1, 0.15) is 58.9 Å². The molecule has 0 bridgehead atoms. The zero-order valence-electron chi connectivity index (χ0n) is 14.7. The predicted octanol–water partition coefficient (Wildman–Crippen LogP) is 5.02. The number of methoxy groups -OCH3 is 1. The molecule has 0 spiro atoms. The lowest BCUT2D eigenvalue weighted by Crippen LogP contribution is -2.01. The van der Waals surface area contributed by atoms with Crippen LogP contribution in [0.2, 0.25) is 0 Å². The summed E-state index contributed by atoms with van der Waals surface area (Å²) in [5.74, 6) is -0.345. The fourth-order valence-corrected chi connectivity index (χ4v) is 2.68. The molecule has 0 aliphatic heterocycles. The van der Waals surface area contributed by atoms with Gasteiger partial charge >= 0.3 is 0 Å². The summed E-state index contributed by atoms with van der Waals surface area (Å²) in [7, 11) is 1.40. The van der Waals surface area contributed by atoms with Gasteiger partial charge in [0, 0.05) is 17.5 Å². The average Bonchev–Trinajstić information content (AvgIpc) is 2.61. The zero-order valence-corrected chi connectivity index (χ0v) is 14.7. The van der Waals surface area contributed by atoms with Gasteiger partial charge in [0.2, 0.25) is 0 Å². The maximum atomic E-state index is 13.6. The van der Waals surface area contributed by atoms with Gasteiger partial charge in [-0.05, 0) is 49.9 Å². The number of ether oxygens (including phenoxy) is 1. The van der Waals surface area contributed by atoms with Crippen LogP contribution >= 0.6 is 0 Å². The second-order valence-corrected chi connectivity index (χ2v) is 6.09. The van der Waals surface area contributed by atoms with Gasteiger partial charge in [0.15, 0.2) is 23.1 Å². The normalized spacial score (nSPS) is 10.5. The van der Waals surface area contributed by atoms with Crippen LogP contribution in [0.25, 0.3) is 0 Å². The van der Waals surface area contributed by atoms with E-state index < -0.39 is 5.82 Å². The van der Waals surface area contributed by atoms with Crippen LogP contribution in [-0.2, 0) is 6.42 Å². The molecule has 0 unspecified atom stereocenters. The fraction of sp³-hybridized carbons (Fsp3) is 0.333. The van der Waals surface area contributed by atoms with Crippen molar-refractivity contribution in [1.29, 1.82) is 0 Å². The first-order chi connectivity index (χ1) is 12.0. The monoisotopic (exact) mass is 342 g/mol. The van der Waals surface area contributed by atoms with E-state index in [0.717, 1.165) is 31.2 Å². The van der Waals surface area contributed by atoms with Crippen molar-refractivity contribution in [2.45, 2.75) is 39.0 Å². The Bertz CT molecular complexity index is 735. The Hall–Kier alpha value is -2.49. The number of carbonyl (C=O) groups excluding carboxylic acids is 2. The van der Waals surface area contributed by atoms with Crippen LogP contribution in [0.5, 0.6) is 5.75 Å². The summed E-state index contributed by atoms with van der Waals surface area (Å²) in [6.07, 6.45) is 4.01. The summed E-state index contributed by atoms with van der Waals surface area (Å²) >= 11 is 0. The molecule has 0 aromatic heterocycles. The number of benzene rings is 2. The lowest BCUT2D eigenvalue weighted by atomic mass is 10.0. The van der Waals surface area contributed by atoms with Gasteiger partial charge < -0.3 is 4.74 Å². The number of aryl methyl sites for hydroxylation is 1. The van der Waals surface area contributed by atoms with Crippen LogP contribution in [0.3, 0.4) is 0 Å². The third-order valence-electron chi connectivity index (χ3n) is 4.20. The van der Waals surface area contributed by atoms with Crippen molar-refractivity contribution in [2.24, 2.45) is 0 Å². The molecule has 2 aromatic rings. The highest BCUT2D eigenvalue weighted by atomic mass is 19.1. The molecule has 0 radical (unpaired) electrons. The molecule has 0 N–H and O–H groups in total. The highest BCUT2D eigenvalue weighted by Gasteiger charge is 2.10. The van der Waals surface area contributed by atoms with Gasteiger partial charge in [0.1, 0.15) is 0 Å². The number of ketones is 2. The first-order valence-corrected chi connectivity index (χ1v) is 8.48. The molecule has 0 amide bonds. The standard InChI is InChI=1S/C21H23FO3/c1-15(23)17-10-8-16(9-11-17)6-4-3-5-7-20(24)18-12-13-21(25-2)19(22)14-18/h8-14H,3-7H2,1-2H3. The number of unbranched alkanes of at least 4 members (excludes halogenated alkanes) is 2. The van der Waals surface area contributed by atoms with Crippen molar-refractivity contribution >= 4 is 11.6 Å². The molecular weight excluding hydrogens is 319 g/mol. The molecule has 2 aromatic carbocycles. The van der Waals surface area contributed by atoms with E-state index in [4.69, 9.17) is 4.74 Å². The Morgan fingerprint density at radius 2 is 1.64 bits per heavy atom. The van der Waals surface area contributed by atoms with Crippen molar-refractivity contribution in [2.75, 3.05) is 7.11 Å². The number of hydrogen-bond donors (Lipinski definition) is 0. The second-order valence-electron chi connectivity index (χ2n) is 6.09. The molecule has 25 heavy (non-hydrogen) atoms. The molecule has 0 atom stereocenters. The number of hydrogen-bond acceptors (Lipinski definition) is 3. The van der Waals surface area contributed by atoms with Crippen molar-refractivity contribution in [3.63, 3.8) is 0 Å². The summed E-state index contributed by atoms with van der Waals surface area (Å²) < 4.78 is 18.5. The van der Waals surface area contributed by atoms with Crippen LogP contribution in [0.4, 0.5) is 4.39 Å². The molecule has 3 nitrogen and oxygen atoms in total. The van der Waals surface area contributed by atoms with E-state index in [1.54, 1.807) is 13.0 Å². The van der Waals surface area contributed by atoms with E-state index in [9.17, 15) is 14.0 Å². The first-order valence-electron chi connectivity index (χ1n) is 8.48. The third-order valence-corrected chi connectivity index (χ3v) is 4.20. The molecule has 4 heteroatoms. The molecule has 0 saturated carbocycles. The van der Waals surface area contributed by atoms with E-state index >= 15 is 0 Å². The van der Waals surface area contributed by atoms with Gasteiger partial charge in [-0.15, -0.1) is 0 Å². The fourth-order valence-electron chi connectivity index (χ4n) is 2.68. The summed E-state index contributed by atoms with van der Waals surface area (Å²) in [5.41, 5.74) is 2.30. The lowest BCUT2D eigenvalue weighted by molar-refractivity contribution is 0.0977. The molecular formula is C21H23FO3. The van der Waals surface area contributed by atoms with E-state index in [0.29, 0.717) is 12.0 Å². The third kappa shape index (κ3) is 5.52. The maximum Gasteiger partial charge on any atom is 0.165 e. The molecule has 132 valence electrons. The zero-order chi connectivity index (χ0) is 18.2. The number of rotatable bonds is 9. The largest absolute Gasteiger partial charge is 0.494 e. The minimum absolute atomic E-state index is 0.0487. The summed E-state index contributed by atoms with van der Waals surface area (Å²) in [4.78, 5) is 23.3. The summed E-state index contributed by atoms with van der Waals surface area (Å²) in [6, 6.07) is 12.0. The minimum Gasteiger partial charge on any atom is -0.494 e. The molecule has 0 aliphatic carbocycles. The van der Waals surface area contributed by atoms with E-state index in [2.05, 4.69) is 0 Å². The minimum atomic E-state index is -0.512. The van der Waals surface area contributed by atoms with Crippen LogP contribution in [-0.4, -0.2) is 18.7 Å². The smallest absolute Gasteiger partial charge is 0.165 e. The molecule has 0 heterocycles. The number of Topliss-reactive ketones (excluding diaryl/α,β-unsaturated/α-hetero) is 2. The van der Waals surface area contributed by atoms with Gasteiger partial charge in [0.05, 0.1) is 7.11 Å². The van der Waals surface area contributed by atoms with Crippen LogP contribution in [0, 0.1) is 5.82 Å². The predicted molar refractivity (Wildman–Crippen MR) is 95.9 cm³/mol. The topological polar surface area (TPSA) is 43.4 Å². The van der Waals surface area contributed by atoms with Crippen molar-refractivity contribution < 1.29 is 18.7 Å². The van der Waals surface area contributed by atoms with E-state index in [1.807, 2.05) is 24.3 Å². The highest BCUT2D eigenvalue weighted by molar-refractivity contribution is 5.96. The molecule has 2 rings (SSSR count). The van der Waals surface area contributed by atoms with Crippen LogP contribution in [0.15, 0.2) is 42.5 Å². The highest BCUT2D eigenvalue weighted by Crippen LogP contribution is 2.19.